The number of fused-ring (bicyclic) bond motifs is 7. The van der Waals surface area contributed by atoms with Gasteiger partial charge in [0.2, 0.25) is 0 Å². The topological polar surface area (TPSA) is 77.8 Å². The fraction of sp³-hybridized carbons (Fsp3) is 0.900. The number of carboxylic acids is 1. The van der Waals surface area contributed by atoms with E-state index < -0.39 is 23.6 Å². The highest BCUT2D eigenvalue weighted by Gasteiger charge is 2.69. The van der Waals surface area contributed by atoms with Crippen LogP contribution in [-0.2, 0) is 4.79 Å². The van der Waals surface area contributed by atoms with Crippen LogP contribution in [0.4, 0.5) is 0 Å². The fourth-order valence-corrected chi connectivity index (χ4v) is 11.0. The van der Waals surface area contributed by atoms with Crippen molar-refractivity contribution in [1.29, 1.82) is 0 Å². The Balaban J connectivity index is 1.60. The first-order chi connectivity index (χ1) is 15.5. The first-order valence-corrected chi connectivity index (χ1v) is 13.9. The van der Waals surface area contributed by atoms with Crippen LogP contribution in [0.15, 0.2) is 11.6 Å². The van der Waals surface area contributed by atoms with Crippen LogP contribution in [0.5, 0.6) is 0 Å². The number of aliphatic hydroxyl groups is 2. The van der Waals surface area contributed by atoms with E-state index >= 15 is 0 Å². The fourth-order valence-electron chi connectivity index (χ4n) is 11.0. The van der Waals surface area contributed by atoms with E-state index in [1.54, 1.807) is 0 Å². The third kappa shape index (κ3) is 2.93. The van der Waals surface area contributed by atoms with Crippen LogP contribution in [-0.4, -0.2) is 33.5 Å². The summed E-state index contributed by atoms with van der Waals surface area (Å²) in [6, 6.07) is 0. The molecule has 0 aromatic carbocycles. The molecule has 4 heteroatoms. The number of allylic oxidation sites excluding steroid dienone is 2. The quantitative estimate of drug-likeness (QED) is 0.397. The summed E-state index contributed by atoms with van der Waals surface area (Å²) >= 11 is 0. The molecule has 4 nitrogen and oxygen atoms in total. The number of aliphatic carboxylic acids is 1. The molecule has 3 N–H and O–H groups in total. The van der Waals surface area contributed by atoms with Gasteiger partial charge in [0.15, 0.2) is 0 Å². The molecule has 9 atom stereocenters. The monoisotopic (exact) mass is 472 g/mol. The Kier molecular flexibility index (Phi) is 5.20. The van der Waals surface area contributed by atoms with Gasteiger partial charge < -0.3 is 15.3 Å². The first-order valence-electron chi connectivity index (χ1n) is 13.9. The van der Waals surface area contributed by atoms with Crippen molar-refractivity contribution in [2.24, 2.45) is 50.2 Å². The number of hydrogen-bond donors (Lipinski definition) is 3. The van der Waals surface area contributed by atoms with Gasteiger partial charge in [0.25, 0.3) is 0 Å². The molecule has 0 aliphatic heterocycles. The average molecular weight is 473 g/mol. The van der Waals surface area contributed by atoms with Crippen molar-refractivity contribution in [3.63, 3.8) is 0 Å². The highest BCUT2D eigenvalue weighted by Crippen LogP contribution is 2.75. The molecule has 5 aliphatic rings. The van der Waals surface area contributed by atoms with E-state index in [4.69, 9.17) is 0 Å². The molecular formula is C30H48O4. The molecular weight excluding hydrogens is 424 g/mol. The van der Waals surface area contributed by atoms with Crippen molar-refractivity contribution in [2.45, 2.75) is 118 Å². The lowest BCUT2D eigenvalue weighted by Gasteiger charge is -2.70. The highest BCUT2D eigenvalue weighted by atomic mass is 16.4. The van der Waals surface area contributed by atoms with Crippen LogP contribution < -0.4 is 0 Å². The minimum Gasteiger partial charge on any atom is -0.481 e. The Bertz CT molecular complexity index is 919. The molecule has 5 aliphatic carbocycles. The van der Waals surface area contributed by atoms with E-state index in [9.17, 15) is 20.1 Å². The summed E-state index contributed by atoms with van der Waals surface area (Å²) < 4.78 is 0. The Labute approximate surface area is 206 Å². The van der Waals surface area contributed by atoms with Gasteiger partial charge in [0.1, 0.15) is 0 Å². The van der Waals surface area contributed by atoms with Crippen molar-refractivity contribution in [2.75, 3.05) is 0 Å². The van der Waals surface area contributed by atoms with E-state index in [-0.39, 0.29) is 33.0 Å². The molecule has 0 unspecified atom stereocenters. The zero-order valence-corrected chi connectivity index (χ0v) is 22.6. The second kappa shape index (κ2) is 7.12. The smallest absolute Gasteiger partial charge is 0.310 e. The lowest BCUT2D eigenvalue weighted by Crippen LogP contribution is -2.66. The minimum absolute atomic E-state index is 0.0233. The SMILES string of the molecule is CC1(C)CC[C@]2(C(=O)O)CC=C3[C@]4(C)CC[C@H]5C(C)(C)[C@H](O)[C@H](O)C[C@]5(C)[C@H]4CC[C@@]3(C)[C@@H]2C1. The Morgan fingerprint density at radius 1 is 0.824 bits per heavy atom. The predicted molar refractivity (Wildman–Crippen MR) is 134 cm³/mol. The molecule has 0 radical (unpaired) electrons. The summed E-state index contributed by atoms with van der Waals surface area (Å²) in [5.41, 5.74) is 0.725. The highest BCUT2D eigenvalue weighted by molar-refractivity contribution is 5.76. The summed E-state index contributed by atoms with van der Waals surface area (Å²) in [5, 5.41) is 32.4. The van der Waals surface area contributed by atoms with Crippen LogP contribution in [0, 0.1) is 50.2 Å². The Morgan fingerprint density at radius 2 is 1.41 bits per heavy atom. The molecule has 0 saturated heterocycles. The molecule has 192 valence electrons. The van der Waals surface area contributed by atoms with Gasteiger partial charge in [-0.05, 0) is 103 Å². The van der Waals surface area contributed by atoms with Crippen LogP contribution in [0.2, 0.25) is 0 Å². The van der Waals surface area contributed by atoms with E-state index in [0.29, 0.717) is 24.7 Å². The average Bonchev–Trinajstić information content (AvgIpc) is 2.71. The number of carboxylic acid groups (broad SMARTS) is 1. The van der Waals surface area contributed by atoms with Gasteiger partial charge in [-0.25, -0.2) is 0 Å². The van der Waals surface area contributed by atoms with Gasteiger partial charge in [-0.15, -0.1) is 0 Å². The Morgan fingerprint density at radius 3 is 2.03 bits per heavy atom. The first kappa shape index (κ1) is 24.8. The molecule has 5 rings (SSSR count). The van der Waals surface area contributed by atoms with Crippen molar-refractivity contribution >= 4 is 5.97 Å². The second-order valence-electron chi connectivity index (χ2n) is 15.3. The summed E-state index contributed by atoms with van der Waals surface area (Å²) in [6.45, 7) is 16.2. The van der Waals surface area contributed by atoms with E-state index in [1.165, 1.54) is 5.57 Å². The minimum atomic E-state index is -0.675. The van der Waals surface area contributed by atoms with Gasteiger partial charge >= 0.3 is 5.97 Å². The maximum Gasteiger partial charge on any atom is 0.310 e. The van der Waals surface area contributed by atoms with Gasteiger partial charge in [0.05, 0.1) is 17.6 Å². The number of aliphatic hydroxyl groups excluding tert-OH is 2. The maximum absolute atomic E-state index is 12.8. The maximum atomic E-state index is 12.8. The number of hydrogen-bond acceptors (Lipinski definition) is 3. The molecule has 0 spiro atoms. The zero-order chi connectivity index (χ0) is 25.1. The standard InChI is InChI=1S/C30H48O4/c1-25(2)14-15-30(24(33)34)13-10-20-27(5)11-8-19-26(3,4)23(32)18(31)16-29(19,7)21(27)9-12-28(20,6)22(30)17-25/h10,18-19,21-23,31-32H,8-9,11-17H2,1-7H3,(H,33,34)/t18-,19+,21+,22+,23-,27+,28-,29+,30-/m1/s1. The van der Waals surface area contributed by atoms with Crippen LogP contribution >= 0.6 is 0 Å². The third-order valence-corrected chi connectivity index (χ3v) is 12.7. The second-order valence-corrected chi connectivity index (χ2v) is 15.3. The van der Waals surface area contributed by atoms with Crippen LogP contribution in [0.3, 0.4) is 0 Å². The molecule has 0 amide bonds. The normalized spacial score (nSPS) is 53.4. The largest absolute Gasteiger partial charge is 0.481 e. The van der Waals surface area contributed by atoms with Gasteiger partial charge in [0, 0.05) is 0 Å². The lowest BCUT2D eigenvalue weighted by atomic mass is 9.34. The van der Waals surface area contributed by atoms with E-state index in [0.717, 1.165) is 44.9 Å². The van der Waals surface area contributed by atoms with Gasteiger partial charge in [-0.2, -0.15) is 0 Å². The number of carbonyl (C=O) groups is 1. The predicted octanol–water partition coefficient (Wildman–Crippen LogP) is 6.20. The van der Waals surface area contributed by atoms with Crippen molar-refractivity contribution in [3.05, 3.63) is 11.6 Å². The van der Waals surface area contributed by atoms with Crippen LogP contribution in [0.25, 0.3) is 0 Å². The van der Waals surface area contributed by atoms with Crippen molar-refractivity contribution in [3.8, 4) is 0 Å². The molecule has 4 fully saturated rings. The molecule has 0 bridgehead atoms. The van der Waals surface area contributed by atoms with E-state index in [1.807, 2.05) is 0 Å². The molecule has 0 aromatic rings. The Hall–Kier alpha value is -0.870. The zero-order valence-electron chi connectivity index (χ0n) is 22.6. The molecule has 0 aromatic heterocycles. The van der Waals surface area contributed by atoms with Gasteiger partial charge in [-0.3, -0.25) is 4.79 Å². The summed E-state index contributed by atoms with van der Waals surface area (Å²) in [4.78, 5) is 12.8. The lowest BCUT2D eigenvalue weighted by molar-refractivity contribution is -0.219. The molecule has 0 heterocycles. The van der Waals surface area contributed by atoms with Crippen molar-refractivity contribution in [1.82, 2.24) is 0 Å². The molecule has 34 heavy (non-hydrogen) atoms. The van der Waals surface area contributed by atoms with E-state index in [2.05, 4.69) is 54.5 Å². The summed E-state index contributed by atoms with van der Waals surface area (Å²) in [5.74, 6) is 0.434. The summed E-state index contributed by atoms with van der Waals surface area (Å²) in [7, 11) is 0. The number of rotatable bonds is 1. The molecule has 4 saturated carbocycles. The third-order valence-electron chi connectivity index (χ3n) is 12.7. The van der Waals surface area contributed by atoms with Crippen LogP contribution in [0.1, 0.15) is 106 Å². The van der Waals surface area contributed by atoms with Gasteiger partial charge in [-0.1, -0.05) is 60.1 Å². The van der Waals surface area contributed by atoms with Crippen molar-refractivity contribution < 1.29 is 20.1 Å². The summed E-state index contributed by atoms with van der Waals surface area (Å²) in [6.07, 6.45) is 9.44.